The van der Waals surface area contributed by atoms with Crippen LogP contribution in [0.15, 0.2) is 0 Å². The lowest BCUT2D eigenvalue weighted by atomic mass is 9.96. The van der Waals surface area contributed by atoms with Gasteiger partial charge < -0.3 is 15.4 Å². The molecule has 2 N–H and O–H groups in total. The van der Waals surface area contributed by atoms with Crippen LogP contribution in [0.25, 0.3) is 0 Å². The highest BCUT2D eigenvalue weighted by Crippen LogP contribution is 2.37. The molecule has 1 aromatic heterocycles. The van der Waals surface area contributed by atoms with Crippen LogP contribution in [0.1, 0.15) is 117 Å². The summed E-state index contributed by atoms with van der Waals surface area (Å²) in [6.07, 6.45) is 21.3. The summed E-state index contributed by atoms with van der Waals surface area (Å²) in [4.78, 5) is 14.0. The minimum atomic E-state index is -0.241. The molecule has 3 rings (SSSR count). The molecule has 0 unspecified atom stereocenters. The molecule has 0 aliphatic heterocycles. The fourth-order valence-corrected chi connectivity index (χ4v) is 6.57. The van der Waals surface area contributed by atoms with Crippen LogP contribution < -0.4 is 10.6 Å². The zero-order valence-corrected chi connectivity index (χ0v) is 20.9. The normalized spacial score (nSPS) is 19.6. The van der Waals surface area contributed by atoms with E-state index >= 15 is 0 Å². The Hall–Kier alpha value is -1.14. The van der Waals surface area contributed by atoms with E-state index in [1.807, 2.05) is 0 Å². The van der Waals surface area contributed by atoms with Crippen LogP contribution in [0, 0.1) is 0 Å². The predicted octanol–water partition coefficient (Wildman–Crippen LogP) is 7.15. The standard InChI is InChI=1S/C25H40N2O2S2/c1-29-24(28)22-20-17-13-9-10-14-18-21(20)31-23(22)27-25(30)26-19-15-11-7-5-3-2-4-6-8-12-16-19/h19H,2-18H2,1H3,(H2,26,27,30). The van der Waals surface area contributed by atoms with Crippen molar-refractivity contribution in [1.29, 1.82) is 0 Å². The van der Waals surface area contributed by atoms with Crippen LogP contribution in [-0.4, -0.2) is 24.2 Å². The highest BCUT2D eigenvalue weighted by molar-refractivity contribution is 7.80. The lowest BCUT2D eigenvalue weighted by Crippen LogP contribution is -2.38. The fourth-order valence-electron chi connectivity index (χ4n) is 4.96. The van der Waals surface area contributed by atoms with Crippen molar-refractivity contribution in [1.82, 2.24) is 5.32 Å². The van der Waals surface area contributed by atoms with Crippen LogP contribution in [0.5, 0.6) is 0 Å². The molecule has 6 heteroatoms. The molecule has 0 aromatic carbocycles. The molecule has 31 heavy (non-hydrogen) atoms. The Kier molecular flexibility index (Phi) is 10.6. The number of carbonyl (C=O) groups is 1. The molecule has 0 bridgehead atoms. The minimum Gasteiger partial charge on any atom is -0.465 e. The van der Waals surface area contributed by atoms with E-state index in [1.165, 1.54) is 107 Å². The highest BCUT2D eigenvalue weighted by atomic mass is 32.1. The Morgan fingerprint density at radius 2 is 1.42 bits per heavy atom. The molecule has 0 saturated heterocycles. The van der Waals surface area contributed by atoms with E-state index in [0.29, 0.717) is 16.7 Å². The largest absolute Gasteiger partial charge is 0.465 e. The van der Waals surface area contributed by atoms with E-state index in [-0.39, 0.29) is 5.97 Å². The predicted molar refractivity (Wildman–Crippen MR) is 135 cm³/mol. The van der Waals surface area contributed by atoms with Crippen molar-refractivity contribution in [3.63, 3.8) is 0 Å². The molecule has 0 radical (unpaired) electrons. The summed E-state index contributed by atoms with van der Waals surface area (Å²) < 4.78 is 5.15. The first-order chi connectivity index (χ1) is 15.2. The van der Waals surface area contributed by atoms with Gasteiger partial charge in [0.2, 0.25) is 0 Å². The van der Waals surface area contributed by atoms with Gasteiger partial charge in [-0.3, -0.25) is 0 Å². The number of methoxy groups -OCH3 is 1. The molecule has 1 saturated carbocycles. The van der Waals surface area contributed by atoms with Crippen molar-refractivity contribution in [3.05, 3.63) is 16.0 Å². The smallest absolute Gasteiger partial charge is 0.341 e. The molecular formula is C25H40N2O2S2. The van der Waals surface area contributed by atoms with Crippen molar-refractivity contribution in [2.75, 3.05) is 12.4 Å². The Balaban J connectivity index is 1.66. The van der Waals surface area contributed by atoms with E-state index < -0.39 is 0 Å². The Morgan fingerprint density at radius 3 is 2.03 bits per heavy atom. The van der Waals surface area contributed by atoms with E-state index in [9.17, 15) is 4.79 Å². The molecular weight excluding hydrogens is 424 g/mol. The number of rotatable bonds is 3. The minimum absolute atomic E-state index is 0.241. The summed E-state index contributed by atoms with van der Waals surface area (Å²) in [5.41, 5.74) is 1.90. The van der Waals surface area contributed by atoms with Crippen LogP contribution in [-0.2, 0) is 17.6 Å². The second-order valence-corrected chi connectivity index (χ2v) is 10.7. The first-order valence-electron chi connectivity index (χ1n) is 12.5. The van der Waals surface area contributed by atoms with Crippen LogP contribution in [0.2, 0.25) is 0 Å². The van der Waals surface area contributed by atoms with Gasteiger partial charge in [-0.1, -0.05) is 70.6 Å². The molecule has 1 fully saturated rings. The number of hydrogen-bond donors (Lipinski definition) is 2. The highest BCUT2D eigenvalue weighted by Gasteiger charge is 2.25. The lowest BCUT2D eigenvalue weighted by molar-refractivity contribution is 0.0601. The van der Waals surface area contributed by atoms with Gasteiger partial charge in [-0.15, -0.1) is 11.3 Å². The first-order valence-corrected chi connectivity index (χ1v) is 13.7. The zero-order valence-electron chi connectivity index (χ0n) is 19.2. The average Bonchev–Trinajstić information content (AvgIpc) is 3.05. The van der Waals surface area contributed by atoms with E-state index in [4.69, 9.17) is 17.0 Å². The molecule has 4 nitrogen and oxygen atoms in total. The van der Waals surface area contributed by atoms with Gasteiger partial charge >= 0.3 is 5.97 Å². The second-order valence-electron chi connectivity index (χ2n) is 9.17. The number of esters is 1. The van der Waals surface area contributed by atoms with Gasteiger partial charge in [0, 0.05) is 10.9 Å². The van der Waals surface area contributed by atoms with Crippen LogP contribution >= 0.6 is 23.6 Å². The maximum atomic E-state index is 12.6. The average molecular weight is 465 g/mol. The molecule has 1 aromatic rings. The summed E-state index contributed by atoms with van der Waals surface area (Å²) in [6.45, 7) is 0. The molecule has 0 amide bonds. The van der Waals surface area contributed by atoms with E-state index in [0.717, 1.165) is 24.3 Å². The SMILES string of the molecule is COC(=O)c1c(NC(=S)NC2CCCCCCCCCCC2)sc2c1CCCCCC2. The molecule has 2 aliphatic rings. The van der Waals surface area contributed by atoms with E-state index in [2.05, 4.69) is 10.6 Å². The number of fused-ring (bicyclic) bond motifs is 1. The van der Waals surface area contributed by atoms with Gasteiger partial charge in [0.1, 0.15) is 5.00 Å². The van der Waals surface area contributed by atoms with Crippen molar-refractivity contribution < 1.29 is 9.53 Å². The van der Waals surface area contributed by atoms with Gasteiger partial charge in [-0.25, -0.2) is 4.79 Å². The topological polar surface area (TPSA) is 50.4 Å². The van der Waals surface area contributed by atoms with Gasteiger partial charge in [-0.05, 0) is 56.3 Å². The quantitative estimate of drug-likeness (QED) is 0.367. The number of ether oxygens (including phenoxy) is 1. The summed E-state index contributed by atoms with van der Waals surface area (Å²) in [7, 11) is 1.47. The second kappa shape index (κ2) is 13.4. The number of anilines is 1. The van der Waals surface area contributed by atoms with Gasteiger partial charge in [-0.2, -0.15) is 0 Å². The third-order valence-electron chi connectivity index (χ3n) is 6.73. The zero-order chi connectivity index (χ0) is 21.9. The number of aryl methyl sites for hydroxylation is 1. The van der Waals surface area contributed by atoms with Crippen LogP contribution in [0.4, 0.5) is 5.00 Å². The maximum absolute atomic E-state index is 12.6. The third-order valence-corrected chi connectivity index (χ3v) is 8.16. The maximum Gasteiger partial charge on any atom is 0.341 e. The van der Waals surface area contributed by atoms with Crippen molar-refractivity contribution >= 4 is 39.6 Å². The summed E-state index contributed by atoms with van der Waals surface area (Å²) in [5, 5.41) is 8.49. The first kappa shape index (κ1) is 24.5. The van der Waals surface area contributed by atoms with Gasteiger partial charge in [0.15, 0.2) is 5.11 Å². The molecule has 174 valence electrons. The van der Waals surface area contributed by atoms with Crippen molar-refractivity contribution in [3.8, 4) is 0 Å². The Bertz CT molecular complexity index is 705. The monoisotopic (exact) mass is 464 g/mol. The lowest BCUT2D eigenvalue weighted by Gasteiger charge is -2.21. The van der Waals surface area contributed by atoms with Crippen LogP contribution in [0.3, 0.4) is 0 Å². The fraction of sp³-hybridized carbons (Fsp3) is 0.760. The van der Waals surface area contributed by atoms with Crippen molar-refractivity contribution in [2.45, 2.75) is 115 Å². The Labute approximate surface area is 197 Å². The number of carbonyl (C=O) groups excluding carboxylic acids is 1. The number of thiocarbonyl (C=S) groups is 1. The van der Waals surface area contributed by atoms with Gasteiger partial charge in [0.25, 0.3) is 0 Å². The molecule has 0 spiro atoms. The number of thiophene rings is 1. The summed E-state index contributed by atoms with van der Waals surface area (Å²) in [5.74, 6) is -0.241. The van der Waals surface area contributed by atoms with E-state index in [1.54, 1.807) is 11.3 Å². The Morgan fingerprint density at radius 1 is 0.871 bits per heavy atom. The number of nitrogens with one attached hydrogen (secondary N) is 2. The molecule has 1 heterocycles. The molecule has 0 atom stereocenters. The molecule has 2 aliphatic carbocycles. The van der Waals surface area contributed by atoms with Crippen molar-refractivity contribution in [2.24, 2.45) is 0 Å². The third kappa shape index (κ3) is 7.74. The summed E-state index contributed by atoms with van der Waals surface area (Å²) >= 11 is 7.41. The summed E-state index contributed by atoms with van der Waals surface area (Å²) in [6, 6.07) is 0.419. The van der Waals surface area contributed by atoms with Gasteiger partial charge in [0.05, 0.1) is 12.7 Å². The number of hydrogen-bond acceptors (Lipinski definition) is 4.